The Kier molecular flexibility index (Phi) is 8.48. The summed E-state index contributed by atoms with van der Waals surface area (Å²) in [6, 6.07) is 10.0. The van der Waals surface area contributed by atoms with E-state index in [4.69, 9.17) is 4.74 Å². The van der Waals surface area contributed by atoms with Gasteiger partial charge in [0.25, 0.3) is 0 Å². The van der Waals surface area contributed by atoms with E-state index in [0.717, 1.165) is 16.9 Å². The van der Waals surface area contributed by atoms with Gasteiger partial charge in [0.1, 0.15) is 12.4 Å². The Labute approximate surface area is 105 Å². The molecule has 0 aliphatic heterocycles. The zero-order valence-corrected chi connectivity index (χ0v) is 11.1. The molecular weight excluding hydrogens is 208 g/mol. The monoisotopic (exact) mass is 230 g/mol. The molecule has 0 atom stereocenters. The van der Waals surface area contributed by atoms with Gasteiger partial charge in [-0.05, 0) is 24.1 Å². The Bertz CT molecular complexity index is 360. The molecule has 17 heavy (non-hydrogen) atoms. The maximum atomic E-state index is 5.62. The van der Waals surface area contributed by atoms with E-state index in [-0.39, 0.29) is 0 Å². The van der Waals surface area contributed by atoms with E-state index in [2.05, 4.69) is 13.2 Å². The summed E-state index contributed by atoms with van der Waals surface area (Å²) in [7, 11) is 0. The highest BCUT2D eigenvalue weighted by atomic mass is 16.5. The maximum absolute atomic E-state index is 5.62. The lowest BCUT2D eigenvalue weighted by molar-refractivity contribution is 0.209. The molecular formula is C16H22O. The standard InChI is InChI=1S/C14H16O.C2H6/c1-4-12(3)14(5-2)15-11-13-9-7-6-8-10-13;1-2/h4-10H,1-2,11H2,3H3;1-2H3/b14-12+;. The van der Waals surface area contributed by atoms with E-state index >= 15 is 0 Å². The van der Waals surface area contributed by atoms with Gasteiger partial charge in [-0.2, -0.15) is 0 Å². The van der Waals surface area contributed by atoms with Crippen molar-refractivity contribution in [2.45, 2.75) is 27.4 Å². The van der Waals surface area contributed by atoms with Gasteiger partial charge in [-0.1, -0.05) is 63.4 Å². The number of benzene rings is 1. The molecule has 1 aromatic rings. The summed E-state index contributed by atoms with van der Waals surface area (Å²) in [6.07, 6.45) is 3.47. The molecule has 0 saturated heterocycles. The van der Waals surface area contributed by atoms with Crippen LogP contribution < -0.4 is 0 Å². The van der Waals surface area contributed by atoms with Crippen molar-refractivity contribution in [1.29, 1.82) is 0 Å². The quantitative estimate of drug-likeness (QED) is 0.517. The van der Waals surface area contributed by atoms with Crippen LogP contribution in [0.15, 0.2) is 67.0 Å². The third-order valence-electron chi connectivity index (χ3n) is 2.12. The summed E-state index contributed by atoms with van der Waals surface area (Å²) in [5.74, 6) is 0.786. The molecule has 1 heteroatoms. The van der Waals surface area contributed by atoms with Gasteiger partial charge in [0, 0.05) is 0 Å². The van der Waals surface area contributed by atoms with Gasteiger partial charge in [0.05, 0.1) is 0 Å². The average Bonchev–Trinajstić information content (AvgIpc) is 2.42. The predicted octanol–water partition coefficient (Wildman–Crippen LogP) is 4.88. The van der Waals surface area contributed by atoms with Crippen LogP contribution in [0.2, 0.25) is 0 Å². The SMILES string of the molecule is C=C/C(C)=C(\C=C)OCc1ccccc1.CC. The molecule has 92 valence electrons. The second-order valence-corrected chi connectivity index (χ2v) is 3.23. The molecule has 0 N–H and O–H groups in total. The number of rotatable bonds is 5. The first-order valence-electron chi connectivity index (χ1n) is 5.90. The van der Waals surface area contributed by atoms with Crippen LogP contribution in [0.1, 0.15) is 26.3 Å². The second-order valence-electron chi connectivity index (χ2n) is 3.23. The summed E-state index contributed by atoms with van der Waals surface area (Å²) in [5.41, 5.74) is 2.15. The van der Waals surface area contributed by atoms with E-state index in [1.165, 1.54) is 0 Å². The smallest absolute Gasteiger partial charge is 0.122 e. The third kappa shape index (κ3) is 5.76. The van der Waals surface area contributed by atoms with Gasteiger partial charge in [-0.25, -0.2) is 0 Å². The molecule has 0 aromatic heterocycles. The normalized spacial score (nSPS) is 10.5. The van der Waals surface area contributed by atoms with Crippen LogP contribution in [0.25, 0.3) is 0 Å². The number of allylic oxidation sites excluding steroid dienone is 3. The minimum absolute atomic E-state index is 0.563. The van der Waals surface area contributed by atoms with Gasteiger partial charge in [0.15, 0.2) is 0 Å². The fourth-order valence-corrected chi connectivity index (χ4v) is 1.17. The topological polar surface area (TPSA) is 9.23 Å². The first kappa shape index (κ1) is 15.2. The van der Waals surface area contributed by atoms with Gasteiger partial charge in [0.2, 0.25) is 0 Å². The molecule has 0 bridgehead atoms. The predicted molar refractivity (Wildman–Crippen MR) is 75.7 cm³/mol. The minimum Gasteiger partial charge on any atom is -0.489 e. The largest absolute Gasteiger partial charge is 0.489 e. The first-order valence-corrected chi connectivity index (χ1v) is 5.90. The van der Waals surface area contributed by atoms with Crippen LogP contribution >= 0.6 is 0 Å². The van der Waals surface area contributed by atoms with Gasteiger partial charge in [-0.15, -0.1) is 0 Å². The van der Waals surface area contributed by atoms with Crippen molar-refractivity contribution >= 4 is 0 Å². The maximum Gasteiger partial charge on any atom is 0.122 e. The first-order chi connectivity index (χ1) is 8.27. The van der Waals surface area contributed by atoms with Crippen LogP contribution in [0.4, 0.5) is 0 Å². The van der Waals surface area contributed by atoms with Crippen molar-refractivity contribution in [2.75, 3.05) is 0 Å². The second kappa shape index (κ2) is 9.46. The summed E-state index contributed by atoms with van der Waals surface area (Å²) in [5, 5.41) is 0. The number of ether oxygens (including phenoxy) is 1. The van der Waals surface area contributed by atoms with Crippen LogP contribution in [-0.2, 0) is 11.3 Å². The van der Waals surface area contributed by atoms with E-state index in [9.17, 15) is 0 Å². The van der Waals surface area contributed by atoms with Crippen molar-refractivity contribution in [3.63, 3.8) is 0 Å². The highest BCUT2D eigenvalue weighted by Gasteiger charge is 1.97. The van der Waals surface area contributed by atoms with E-state index < -0.39 is 0 Å². The lowest BCUT2D eigenvalue weighted by Gasteiger charge is -2.08. The lowest BCUT2D eigenvalue weighted by atomic mass is 10.2. The Balaban J connectivity index is 0.00000121. The summed E-state index contributed by atoms with van der Waals surface area (Å²) in [6.45, 7) is 13.9. The molecule has 1 aromatic carbocycles. The third-order valence-corrected chi connectivity index (χ3v) is 2.12. The molecule has 0 unspecified atom stereocenters. The van der Waals surface area contributed by atoms with Crippen molar-refractivity contribution in [3.8, 4) is 0 Å². The lowest BCUT2D eigenvalue weighted by Crippen LogP contribution is -1.93. The fraction of sp³-hybridized carbons (Fsp3) is 0.250. The average molecular weight is 230 g/mol. The molecule has 0 aliphatic rings. The summed E-state index contributed by atoms with van der Waals surface area (Å²) < 4.78 is 5.62. The molecule has 0 aliphatic carbocycles. The zero-order valence-electron chi connectivity index (χ0n) is 11.1. The highest BCUT2D eigenvalue weighted by Crippen LogP contribution is 2.11. The molecule has 0 spiro atoms. The molecule has 1 nitrogen and oxygen atoms in total. The fourth-order valence-electron chi connectivity index (χ4n) is 1.17. The molecule has 0 fully saturated rings. The Morgan fingerprint density at radius 1 is 1.12 bits per heavy atom. The van der Waals surface area contributed by atoms with E-state index in [1.807, 2.05) is 51.1 Å². The van der Waals surface area contributed by atoms with Crippen LogP contribution in [0.5, 0.6) is 0 Å². The minimum atomic E-state index is 0.563. The zero-order chi connectivity index (χ0) is 13.1. The van der Waals surface area contributed by atoms with Gasteiger partial charge < -0.3 is 4.74 Å². The number of hydrogen-bond donors (Lipinski definition) is 0. The molecule has 0 saturated carbocycles. The Morgan fingerprint density at radius 3 is 2.18 bits per heavy atom. The molecule has 1 rings (SSSR count). The van der Waals surface area contributed by atoms with Crippen molar-refractivity contribution in [2.24, 2.45) is 0 Å². The Hall–Kier alpha value is -1.76. The Morgan fingerprint density at radius 2 is 1.71 bits per heavy atom. The van der Waals surface area contributed by atoms with E-state index in [1.54, 1.807) is 12.2 Å². The van der Waals surface area contributed by atoms with Crippen molar-refractivity contribution in [1.82, 2.24) is 0 Å². The van der Waals surface area contributed by atoms with Crippen molar-refractivity contribution in [3.05, 3.63) is 72.5 Å². The molecule has 0 amide bonds. The van der Waals surface area contributed by atoms with Crippen molar-refractivity contribution < 1.29 is 4.74 Å². The van der Waals surface area contributed by atoms with Crippen LogP contribution in [0, 0.1) is 0 Å². The van der Waals surface area contributed by atoms with Gasteiger partial charge >= 0.3 is 0 Å². The van der Waals surface area contributed by atoms with E-state index in [0.29, 0.717) is 6.61 Å². The van der Waals surface area contributed by atoms with Crippen LogP contribution in [0.3, 0.4) is 0 Å². The number of hydrogen-bond acceptors (Lipinski definition) is 1. The highest BCUT2D eigenvalue weighted by molar-refractivity contribution is 5.25. The molecule has 0 radical (unpaired) electrons. The van der Waals surface area contributed by atoms with Gasteiger partial charge in [-0.3, -0.25) is 0 Å². The molecule has 0 heterocycles. The van der Waals surface area contributed by atoms with Crippen LogP contribution in [-0.4, -0.2) is 0 Å². The summed E-state index contributed by atoms with van der Waals surface area (Å²) in [4.78, 5) is 0. The summed E-state index contributed by atoms with van der Waals surface area (Å²) >= 11 is 0.